The van der Waals surface area contributed by atoms with Crippen molar-refractivity contribution in [3.05, 3.63) is 12.2 Å². The number of nitrogens with one attached hydrogen (secondary N) is 1. The lowest BCUT2D eigenvalue weighted by molar-refractivity contribution is -0.120. The summed E-state index contributed by atoms with van der Waals surface area (Å²) in [6.07, 6.45) is 5.13. The van der Waals surface area contributed by atoms with Gasteiger partial charge in [0.15, 0.2) is 0 Å². The highest BCUT2D eigenvalue weighted by Gasteiger charge is 1.93. The third kappa shape index (κ3) is 7.06. The lowest BCUT2D eigenvalue weighted by atomic mass is 10.3. The van der Waals surface area contributed by atoms with Crippen LogP contribution >= 0.6 is 0 Å². The van der Waals surface area contributed by atoms with Gasteiger partial charge in [-0.3, -0.25) is 4.79 Å². The monoisotopic (exact) mass is 157 g/mol. The molecule has 0 aromatic carbocycles. The predicted octanol–water partition coefficient (Wildman–Crippen LogP) is 0.451. The lowest BCUT2D eigenvalue weighted by Gasteiger charge is -1.98. The largest absolute Gasteiger partial charge is 0.395 e. The van der Waals surface area contributed by atoms with Crippen molar-refractivity contribution < 1.29 is 9.90 Å². The summed E-state index contributed by atoms with van der Waals surface area (Å²) in [6.45, 7) is 2.37. The van der Waals surface area contributed by atoms with Gasteiger partial charge in [-0.05, 0) is 6.42 Å². The van der Waals surface area contributed by atoms with Gasteiger partial charge in [0, 0.05) is 13.0 Å². The highest BCUT2D eigenvalue weighted by atomic mass is 16.3. The fraction of sp³-hybridized carbons (Fsp3) is 0.625. The Balaban J connectivity index is 3.29. The summed E-state index contributed by atoms with van der Waals surface area (Å²) in [5.74, 6) is -0.0382. The van der Waals surface area contributed by atoms with Crippen LogP contribution in [0.4, 0.5) is 0 Å². The smallest absolute Gasteiger partial charge is 0.223 e. The number of allylic oxidation sites excluding steroid dienone is 1. The minimum absolute atomic E-state index is 0.00321. The number of carbonyl (C=O) groups excluding carboxylic acids is 1. The second kappa shape index (κ2) is 7.28. The van der Waals surface area contributed by atoms with E-state index in [0.29, 0.717) is 13.0 Å². The number of aliphatic hydroxyl groups is 1. The average Bonchev–Trinajstić information content (AvgIpc) is 2.01. The molecule has 3 heteroatoms. The molecule has 2 N–H and O–H groups in total. The maximum Gasteiger partial charge on any atom is 0.223 e. The highest BCUT2D eigenvalue weighted by molar-refractivity contribution is 5.77. The first-order chi connectivity index (χ1) is 5.31. The molecule has 0 radical (unpaired) electrons. The Bertz CT molecular complexity index is 132. The minimum Gasteiger partial charge on any atom is -0.395 e. The first-order valence-electron chi connectivity index (χ1n) is 3.83. The fourth-order valence-electron chi connectivity index (χ4n) is 0.625. The van der Waals surface area contributed by atoms with Gasteiger partial charge in [-0.1, -0.05) is 19.1 Å². The van der Waals surface area contributed by atoms with Crippen molar-refractivity contribution in [3.8, 4) is 0 Å². The molecule has 0 aromatic heterocycles. The maximum atomic E-state index is 10.8. The molecule has 0 atom stereocenters. The van der Waals surface area contributed by atoms with Crippen LogP contribution < -0.4 is 5.32 Å². The molecule has 3 nitrogen and oxygen atoms in total. The summed E-state index contributed by atoms with van der Waals surface area (Å²) in [5.41, 5.74) is 0. The molecule has 0 spiro atoms. The molecular formula is C8H15NO2. The van der Waals surface area contributed by atoms with E-state index in [2.05, 4.69) is 5.32 Å². The van der Waals surface area contributed by atoms with Crippen LogP contribution in [-0.2, 0) is 4.79 Å². The molecular weight excluding hydrogens is 142 g/mol. The van der Waals surface area contributed by atoms with Gasteiger partial charge in [-0.15, -0.1) is 0 Å². The molecule has 11 heavy (non-hydrogen) atoms. The third-order valence-corrected chi connectivity index (χ3v) is 1.14. The van der Waals surface area contributed by atoms with Gasteiger partial charge in [0.2, 0.25) is 5.91 Å². The number of hydrogen-bond acceptors (Lipinski definition) is 2. The lowest BCUT2D eigenvalue weighted by Crippen LogP contribution is -2.25. The van der Waals surface area contributed by atoms with E-state index in [4.69, 9.17) is 5.11 Å². The van der Waals surface area contributed by atoms with Gasteiger partial charge in [0.25, 0.3) is 0 Å². The van der Waals surface area contributed by atoms with E-state index in [1.165, 1.54) is 0 Å². The van der Waals surface area contributed by atoms with E-state index in [1.807, 2.05) is 19.1 Å². The van der Waals surface area contributed by atoms with E-state index in [-0.39, 0.29) is 12.5 Å². The molecule has 0 aliphatic rings. The van der Waals surface area contributed by atoms with Crippen LogP contribution in [0, 0.1) is 0 Å². The topological polar surface area (TPSA) is 49.3 Å². The second-order valence-corrected chi connectivity index (χ2v) is 2.16. The number of amides is 1. The van der Waals surface area contributed by atoms with E-state index < -0.39 is 0 Å². The molecule has 1 amide bonds. The van der Waals surface area contributed by atoms with Crippen molar-refractivity contribution >= 4 is 5.91 Å². The molecule has 0 fully saturated rings. The van der Waals surface area contributed by atoms with E-state index in [1.54, 1.807) is 0 Å². The first-order valence-corrected chi connectivity index (χ1v) is 3.83. The molecule has 0 bridgehead atoms. The van der Waals surface area contributed by atoms with Crippen LogP contribution in [0.5, 0.6) is 0 Å². The summed E-state index contributed by atoms with van der Waals surface area (Å²) in [7, 11) is 0. The predicted molar refractivity (Wildman–Crippen MR) is 44.1 cm³/mol. The minimum atomic E-state index is -0.0382. The van der Waals surface area contributed by atoms with E-state index in [0.717, 1.165) is 6.42 Å². The zero-order valence-electron chi connectivity index (χ0n) is 6.84. The van der Waals surface area contributed by atoms with E-state index >= 15 is 0 Å². The van der Waals surface area contributed by atoms with Gasteiger partial charge >= 0.3 is 0 Å². The van der Waals surface area contributed by atoms with E-state index in [9.17, 15) is 4.79 Å². The van der Waals surface area contributed by atoms with Crippen molar-refractivity contribution in [1.82, 2.24) is 5.32 Å². The van der Waals surface area contributed by atoms with Gasteiger partial charge in [-0.25, -0.2) is 0 Å². The Morgan fingerprint density at radius 1 is 1.55 bits per heavy atom. The molecule has 64 valence electrons. The highest BCUT2D eigenvalue weighted by Crippen LogP contribution is 1.85. The summed E-state index contributed by atoms with van der Waals surface area (Å²) in [6, 6.07) is 0. The van der Waals surface area contributed by atoms with Crippen molar-refractivity contribution in [2.75, 3.05) is 13.2 Å². The summed E-state index contributed by atoms with van der Waals surface area (Å²) >= 11 is 0. The zero-order valence-corrected chi connectivity index (χ0v) is 6.84. The summed E-state index contributed by atoms with van der Waals surface area (Å²) in [4.78, 5) is 10.8. The molecule has 0 unspecified atom stereocenters. The number of carbonyl (C=O) groups is 1. The maximum absolute atomic E-state index is 10.8. The van der Waals surface area contributed by atoms with Crippen LogP contribution in [-0.4, -0.2) is 24.2 Å². The molecule has 0 aliphatic heterocycles. The molecule has 0 rings (SSSR count). The van der Waals surface area contributed by atoms with Gasteiger partial charge < -0.3 is 10.4 Å². The van der Waals surface area contributed by atoms with Gasteiger partial charge in [0.05, 0.1) is 6.61 Å². The Kier molecular flexibility index (Phi) is 6.73. The molecule has 0 saturated carbocycles. The van der Waals surface area contributed by atoms with Crippen molar-refractivity contribution in [2.45, 2.75) is 19.8 Å². The molecule has 0 heterocycles. The fourth-order valence-corrected chi connectivity index (χ4v) is 0.625. The van der Waals surface area contributed by atoms with Gasteiger partial charge in [0.1, 0.15) is 0 Å². The van der Waals surface area contributed by atoms with Crippen LogP contribution in [0.1, 0.15) is 19.8 Å². The van der Waals surface area contributed by atoms with Crippen molar-refractivity contribution in [1.29, 1.82) is 0 Å². The Labute approximate surface area is 67.1 Å². The van der Waals surface area contributed by atoms with Crippen LogP contribution in [0.2, 0.25) is 0 Å². The third-order valence-electron chi connectivity index (χ3n) is 1.14. The SMILES string of the molecule is CC/C=C/CC(=O)NCCO. The Morgan fingerprint density at radius 2 is 2.27 bits per heavy atom. The molecule has 0 saturated heterocycles. The summed E-state index contributed by atoms with van der Waals surface area (Å²) in [5, 5.41) is 10.9. The molecule has 0 aliphatic carbocycles. The standard InChI is InChI=1S/C8H15NO2/c1-2-3-4-5-8(11)9-6-7-10/h3-4,10H,2,5-7H2,1H3,(H,9,11)/b4-3+. The van der Waals surface area contributed by atoms with Crippen LogP contribution in [0.3, 0.4) is 0 Å². The van der Waals surface area contributed by atoms with Crippen molar-refractivity contribution in [3.63, 3.8) is 0 Å². The molecule has 0 aromatic rings. The number of aliphatic hydroxyl groups excluding tert-OH is 1. The second-order valence-electron chi connectivity index (χ2n) is 2.16. The average molecular weight is 157 g/mol. The quantitative estimate of drug-likeness (QED) is 0.569. The first kappa shape index (κ1) is 10.2. The zero-order chi connectivity index (χ0) is 8.53. The van der Waals surface area contributed by atoms with Gasteiger partial charge in [-0.2, -0.15) is 0 Å². The summed E-state index contributed by atoms with van der Waals surface area (Å²) < 4.78 is 0. The van der Waals surface area contributed by atoms with Crippen LogP contribution in [0.25, 0.3) is 0 Å². The normalized spacial score (nSPS) is 10.4. The van der Waals surface area contributed by atoms with Crippen LogP contribution in [0.15, 0.2) is 12.2 Å². The van der Waals surface area contributed by atoms with Crippen molar-refractivity contribution in [2.24, 2.45) is 0 Å². The number of hydrogen-bond donors (Lipinski definition) is 2. The number of rotatable bonds is 5. The Hall–Kier alpha value is -0.830. The Morgan fingerprint density at radius 3 is 2.82 bits per heavy atom.